The first-order valence-corrected chi connectivity index (χ1v) is 7.19. The van der Waals surface area contributed by atoms with Gasteiger partial charge in [-0.15, -0.1) is 0 Å². The lowest BCUT2D eigenvalue weighted by Crippen LogP contribution is -2.32. The number of thiocarbonyl (C=S) groups is 1. The van der Waals surface area contributed by atoms with Crippen molar-refractivity contribution in [2.24, 2.45) is 0 Å². The molecule has 0 fully saturated rings. The van der Waals surface area contributed by atoms with Crippen molar-refractivity contribution in [1.29, 1.82) is 0 Å². The highest BCUT2D eigenvalue weighted by Crippen LogP contribution is 2.21. The molecule has 7 nitrogen and oxygen atoms in total. The summed E-state index contributed by atoms with van der Waals surface area (Å²) in [5, 5.41) is 25.4. The van der Waals surface area contributed by atoms with Crippen LogP contribution in [0.15, 0.2) is 54.6 Å². The largest absolute Gasteiger partial charge is 0.506 e. The molecule has 0 bridgehead atoms. The van der Waals surface area contributed by atoms with Gasteiger partial charge in [0.15, 0.2) is 5.11 Å². The Morgan fingerprint density at radius 3 is 2.67 bits per heavy atom. The molecule has 0 aliphatic heterocycles. The van der Waals surface area contributed by atoms with E-state index in [1.54, 1.807) is 24.3 Å². The van der Waals surface area contributed by atoms with Crippen LogP contribution in [-0.4, -0.2) is 21.0 Å². The summed E-state index contributed by atoms with van der Waals surface area (Å²) in [6.45, 7) is 0. The molecule has 2 aromatic rings. The number of benzene rings is 2. The van der Waals surface area contributed by atoms with Crippen molar-refractivity contribution in [3.8, 4) is 5.75 Å². The fourth-order valence-electron chi connectivity index (χ4n) is 1.80. The molecule has 0 saturated heterocycles. The highest BCUT2D eigenvalue weighted by atomic mass is 32.1. The Kier molecular flexibility index (Phi) is 5.58. The van der Waals surface area contributed by atoms with E-state index in [0.29, 0.717) is 11.3 Å². The average Bonchev–Trinajstić information content (AvgIpc) is 2.55. The molecule has 0 atom stereocenters. The maximum atomic E-state index is 11.8. The van der Waals surface area contributed by atoms with E-state index in [0.717, 1.165) is 0 Å². The molecule has 8 heteroatoms. The maximum absolute atomic E-state index is 11.8. The number of nitrogens with one attached hydrogen (secondary N) is 2. The van der Waals surface area contributed by atoms with E-state index in [1.165, 1.54) is 36.4 Å². The van der Waals surface area contributed by atoms with E-state index in [1.807, 2.05) is 0 Å². The number of carbonyl (C=O) groups is 1. The number of phenolic OH excluding ortho intramolecular Hbond substituents is 1. The van der Waals surface area contributed by atoms with Crippen molar-refractivity contribution in [3.63, 3.8) is 0 Å². The molecule has 0 aliphatic rings. The lowest BCUT2D eigenvalue weighted by molar-refractivity contribution is -0.384. The first kappa shape index (κ1) is 17.1. The minimum absolute atomic E-state index is 0.00114. The molecule has 0 heterocycles. The van der Waals surface area contributed by atoms with Gasteiger partial charge in [0.05, 0.1) is 10.6 Å². The minimum atomic E-state index is -0.511. The Balaban J connectivity index is 1.95. The Hall–Kier alpha value is -3.26. The van der Waals surface area contributed by atoms with Gasteiger partial charge >= 0.3 is 0 Å². The molecule has 3 N–H and O–H groups in total. The van der Waals surface area contributed by atoms with Gasteiger partial charge in [-0.05, 0) is 36.0 Å². The van der Waals surface area contributed by atoms with Crippen LogP contribution in [0.3, 0.4) is 0 Å². The van der Waals surface area contributed by atoms with Crippen molar-refractivity contribution < 1.29 is 14.8 Å². The smallest absolute Gasteiger partial charge is 0.270 e. The number of non-ortho nitro benzene ring substituents is 1. The minimum Gasteiger partial charge on any atom is -0.506 e. The van der Waals surface area contributed by atoms with Gasteiger partial charge in [0.1, 0.15) is 5.75 Å². The van der Waals surface area contributed by atoms with E-state index < -0.39 is 10.8 Å². The molecule has 0 saturated carbocycles. The van der Waals surface area contributed by atoms with Crippen LogP contribution in [-0.2, 0) is 4.79 Å². The highest BCUT2D eigenvalue weighted by Gasteiger charge is 2.06. The van der Waals surface area contributed by atoms with Crippen LogP contribution < -0.4 is 10.6 Å². The predicted octanol–water partition coefficient (Wildman–Crippen LogP) is 2.83. The summed E-state index contributed by atoms with van der Waals surface area (Å²) in [7, 11) is 0. The van der Waals surface area contributed by atoms with Crippen LogP contribution in [0.25, 0.3) is 6.08 Å². The fourth-order valence-corrected chi connectivity index (χ4v) is 2.01. The number of carbonyl (C=O) groups excluding carboxylic acids is 1. The summed E-state index contributed by atoms with van der Waals surface area (Å²) >= 11 is 4.98. The monoisotopic (exact) mass is 343 g/mol. The molecule has 2 rings (SSSR count). The van der Waals surface area contributed by atoms with Gasteiger partial charge in [-0.1, -0.05) is 24.3 Å². The number of nitro groups is 1. The number of aromatic hydroxyl groups is 1. The number of hydrogen-bond donors (Lipinski definition) is 3. The number of rotatable bonds is 4. The normalized spacial score (nSPS) is 10.3. The van der Waals surface area contributed by atoms with E-state index in [2.05, 4.69) is 10.6 Å². The average molecular weight is 343 g/mol. The standard InChI is InChI=1S/C16H13N3O4S/c20-14-7-2-1-6-13(14)17-16(24)18-15(21)9-8-11-4-3-5-12(10-11)19(22)23/h1-10,20H,(H2,17,18,21,24)/b9-8+. The van der Waals surface area contributed by atoms with Crippen molar-refractivity contribution >= 4 is 40.7 Å². The van der Waals surface area contributed by atoms with Crippen LogP contribution in [0, 0.1) is 10.1 Å². The van der Waals surface area contributed by atoms with Crippen LogP contribution in [0.2, 0.25) is 0 Å². The molecule has 0 aromatic heterocycles. The SMILES string of the molecule is O=C(/C=C/c1cccc([N+](=O)[O-])c1)NC(=S)Nc1ccccc1O. The Bertz CT molecular complexity index is 820. The van der Waals surface area contributed by atoms with Crippen LogP contribution in [0.4, 0.5) is 11.4 Å². The molecule has 0 aliphatic carbocycles. The van der Waals surface area contributed by atoms with Crippen molar-refractivity contribution in [3.05, 3.63) is 70.3 Å². The Morgan fingerprint density at radius 1 is 1.21 bits per heavy atom. The molecule has 1 amide bonds. The third kappa shape index (κ3) is 4.89. The fraction of sp³-hybridized carbons (Fsp3) is 0. The first-order chi connectivity index (χ1) is 11.5. The van der Waals surface area contributed by atoms with Gasteiger partial charge in [-0.2, -0.15) is 0 Å². The second-order valence-electron chi connectivity index (χ2n) is 4.65. The van der Waals surface area contributed by atoms with Crippen LogP contribution in [0.1, 0.15) is 5.56 Å². The number of anilines is 1. The number of amides is 1. The van der Waals surface area contributed by atoms with Gasteiger partial charge in [0, 0.05) is 18.2 Å². The van der Waals surface area contributed by atoms with E-state index in [-0.39, 0.29) is 16.5 Å². The highest BCUT2D eigenvalue weighted by molar-refractivity contribution is 7.80. The van der Waals surface area contributed by atoms with Gasteiger partial charge in [-0.3, -0.25) is 20.2 Å². The number of nitro benzene ring substituents is 1. The first-order valence-electron chi connectivity index (χ1n) is 6.78. The lowest BCUT2D eigenvalue weighted by atomic mass is 10.2. The van der Waals surface area contributed by atoms with Gasteiger partial charge < -0.3 is 10.4 Å². The molecule has 0 unspecified atom stereocenters. The molecular weight excluding hydrogens is 330 g/mol. The van der Waals surface area contributed by atoms with Crippen molar-refractivity contribution in [1.82, 2.24) is 5.32 Å². The zero-order valence-electron chi connectivity index (χ0n) is 12.3. The summed E-state index contributed by atoms with van der Waals surface area (Å²) < 4.78 is 0. The Labute approximate surface area is 142 Å². The molecular formula is C16H13N3O4S. The van der Waals surface area contributed by atoms with E-state index in [9.17, 15) is 20.0 Å². The number of hydrogen-bond acceptors (Lipinski definition) is 5. The third-order valence-corrected chi connectivity index (χ3v) is 3.10. The molecule has 0 spiro atoms. The Morgan fingerprint density at radius 2 is 1.96 bits per heavy atom. The maximum Gasteiger partial charge on any atom is 0.270 e. The van der Waals surface area contributed by atoms with Crippen molar-refractivity contribution in [2.75, 3.05) is 5.32 Å². The summed E-state index contributed by atoms with van der Waals surface area (Å²) in [4.78, 5) is 22.0. The summed E-state index contributed by atoms with van der Waals surface area (Å²) in [6, 6.07) is 12.3. The van der Waals surface area contributed by atoms with Crippen LogP contribution in [0.5, 0.6) is 5.75 Å². The molecule has 0 radical (unpaired) electrons. The predicted molar refractivity (Wildman–Crippen MR) is 94.6 cm³/mol. The van der Waals surface area contributed by atoms with E-state index in [4.69, 9.17) is 12.2 Å². The van der Waals surface area contributed by atoms with Crippen LogP contribution >= 0.6 is 12.2 Å². The zero-order valence-corrected chi connectivity index (χ0v) is 13.1. The third-order valence-electron chi connectivity index (χ3n) is 2.90. The van der Waals surface area contributed by atoms with Gasteiger partial charge in [-0.25, -0.2) is 0 Å². The van der Waals surface area contributed by atoms with Gasteiger partial charge in [0.25, 0.3) is 5.69 Å². The van der Waals surface area contributed by atoms with Gasteiger partial charge in [0.2, 0.25) is 5.91 Å². The molecule has 2 aromatic carbocycles. The number of phenols is 1. The van der Waals surface area contributed by atoms with Crippen molar-refractivity contribution in [2.45, 2.75) is 0 Å². The lowest BCUT2D eigenvalue weighted by Gasteiger charge is -2.09. The molecule has 24 heavy (non-hydrogen) atoms. The second-order valence-corrected chi connectivity index (χ2v) is 5.05. The summed E-state index contributed by atoms with van der Waals surface area (Å²) in [5.41, 5.74) is 0.818. The quantitative estimate of drug-likeness (QED) is 0.259. The second kappa shape index (κ2) is 7.84. The number of para-hydroxylation sites is 2. The zero-order chi connectivity index (χ0) is 17.5. The molecule has 122 valence electrons. The summed E-state index contributed by atoms with van der Waals surface area (Å²) in [5.74, 6) is -0.504. The summed E-state index contributed by atoms with van der Waals surface area (Å²) in [6.07, 6.45) is 2.64. The topological polar surface area (TPSA) is 104 Å². The van der Waals surface area contributed by atoms with E-state index >= 15 is 0 Å². The number of nitrogens with zero attached hydrogens (tertiary/aromatic N) is 1.